The summed E-state index contributed by atoms with van der Waals surface area (Å²) in [5.74, 6) is 0.0134. The minimum absolute atomic E-state index is 0.227. The van der Waals surface area contributed by atoms with Crippen LogP contribution in [0, 0.1) is 16.7 Å². The molecule has 2 atom stereocenters. The van der Waals surface area contributed by atoms with E-state index in [1.165, 1.54) is 18.4 Å². The van der Waals surface area contributed by atoms with Crippen LogP contribution in [0.15, 0.2) is 12.2 Å². The first-order valence-corrected chi connectivity index (χ1v) is 6.87. The molecule has 1 aliphatic heterocycles. The number of ether oxygens (including phenoxy) is 2. The fourth-order valence-corrected chi connectivity index (χ4v) is 4.61. The normalized spacial score (nSPS) is 43.0. The maximum atomic E-state index is 6.06. The Morgan fingerprint density at radius 2 is 1.76 bits per heavy atom. The van der Waals surface area contributed by atoms with Crippen LogP contribution in [0.4, 0.5) is 0 Å². The molecule has 1 heterocycles. The highest BCUT2D eigenvalue weighted by Crippen LogP contribution is 2.66. The predicted octanol–water partition coefficient (Wildman–Crippen LogP) is 3.52. The summed E-state index contributed by atoms with van der Waals surface area (Å²) in [6.07, 6.45) is 4.66. The lowest BCUT2D eigenvalue weighted by molar-refractivity contribution is -0.208. The van der Waals surface area contributed by atoms with Crippen molar-refractivity contribution in [3.8, 4) is 0 Å². The summed E-state index contributed by atoms with van der Waals surface area (Å²) >= 11 is 0. The molecular formula is C15H24O2. The van der Waals surface area contributed by atoms with E-state index in [0.29, 0.717) is 11.3 Å². The monoisotopic (exact) mass is 236 g/mol. The summed E-state index contributed by atoms with van der Waals surface area (Å²) < 4.78 is 12.1. The largest absolute Gasteiger partial charge is 0.347 e. The Balaban J connectivity index is 2.09. The summed E-state index contributed by atoms with van der Waals surface area (Å²) in [6.45, 7) is 13.0. The summed E-state index contributed by atoms with van der Waals surface area (Å²) in [6, 6.07) is 0. The van der Waals surface area contributed by atoms with Crippen molar-refractivity contribution in [2.24, 2.45) is 16.7 Å². The highest BCUT2D eigenvalue weighted by atomic mass is 16.7. The van der Waals surface area contributed by atoms with Crippen LogP contribution in [0.5, 0.6) is 0 Å². The van der Waals surface area contributed by atoms with E-state index in [2.05, 4.69) is 27.4 Å². The van der Waals surface area contributed by atoms with Crippen molar-refractivity contribution in [2.75, 3.05) is 13.2 Å². The minimum atomic E-state index is -0.352. The lowest BCUT2D eigenvalue weighted by atomic mass is 9.64. The van der Waals surface area contributed by atoms with Gasteiger partial charge in [-0.05, 0) is 30.1 Å². The summed E-state index contributed by atoms with van der Waals surface area (Å²) in [5.41, 5.74) is 1.94. The molecule has 0 aromatic carbocycles. The zero-order valence-electron chi connectivity index (χ0n) is 11.3. The second-order valence-corrected chi connectivity index (χ2v) is 6.91. The fourth-order valence-electron chi connectivity index (χ4n) is 4.61. The maximum Gasteiger partial charge on any atom is 0.175 e. The van der Waals surface area contributed by atoms with Gasteiger partial charge in [-0.1, -0.05) is 32.9 Å². The van der Waals surface area contributed by atoms with Gasteiger partial charge >= 0.3 is 0 Å². The van der Waals surface area contributed by atoms with Gasteiger partial charge in [0, 0.05) is 12.3 Å². The van der Waals surface area contributed by atoms with Gasteiger partial charge in [0.2, 0.25) is 0 Å². The zero-order valence-corrected chi connectivity index (χ0v) is 11.3. The smallest absolute Gasteiger partial charge is 0.175 e. The third-order valence-electron chi connectivity index (χ3n) is 5.77. The summed E-state index contributed by atoms with van der Waals surface area (Å²) in [5, 5.41) is 0. The van der Waals surface area contributed by atoms with Gasteiger partial charge in [0.1, 0.15) is 0 Å². The van der Waals surface area contributed by atoms with Crippen molar-refractivity contribution in [3.63, 3.8) is 0 Å². The van der Waals surface area contributed by atoms with E-state index in [1.54, 1.807) is 0 Å². The first-order valence-electron chi connectivity index (χ1n) is 6.87. The van der Waals surface area contributed by atoms with Gasteiger partial charge in [-0.25, -0.2) is 0 Å². The molecule has 2 bridgehead atoms. The fraction of sp³-hybridized carbons (Fsp3) is 0.867. The van der Waals surface area contributed by atoms with Crippen molar-refractivity contribution in [1.82, 2.24) is 0 Å². The third-order valence-corrected chi connectivity index (χ3v) is 5.77. The molecule has 96 valence electrons. The number of hydrogen-bond donors (Lipinski definition) is 0. The van der Waals surface area contributed by atoms with Gasteiger partial charge in [-0.2, -0.15) is 0 Å². The maximum absolute atomic E-state index is 6.06. The van der Waals surface area contributed by atoms with Gasteiger partial charge in [0.05, 0.1) is 13.2 Å². The zero-order chi connectivity index (χ0) is 12.3. The lowest BCUT2D eigenvalue weighted by Gasteiger charge is -2.44. The molecule has 0 radical (unpaired) electrons. The minimum Gasteiger partial charge on any atom is -0.347 e. The van der Waals surface area contributed by atoms with E-state index < -0.39 is 0 Å². The van der Waals surface area contributed by atoms with E-state index in [9.17, 15) is 0 Å². The van der Waals surface area contributed by atoms with E-state index in [4.69, 9.17) is 9.47 Å². The number of hydrogen-bond acceptors (Lipinski definition) is 2. The lowest BCUT2D eigenvalue weighted by Crippen LogP contribution is -2.46. The van der Waals surface area contributed by atoms with Crippen molar-refractivity contribution in [2.45, 2.75) is 52.2 Å². The quantitative estimate of drug-likeness (QED) is 0.599. The highest BCUT2D eigenvalue weighted by molar-refractivity contribution is 5.25. The molecule has 0 N–H and O–H groups in total. The molecule has 3 aliphatic rings. The Morgan fingerprint density at radius 3 is 2.41 bits per heavy atom. The van der Waals surface area contributed by atoms with Gasteiger partial charge in [0.15, 0.2) is 5.79 Å². The van der Waals surface area contributed by atoms with Crippen molar-refractivity contribution in [3.05, 3.63) is 12.2 Å². The Kier molecular flexibility index (Phi) is 2.32. The number of fused-ring (bicyclic) bond motifs is 3. The van der Waals surface area contributed by atoms with Crippen molar-refractivity contribution < 1.29 is 9.47 Å². The Labute approximate surface area is 104 Å². The van der Waals surface area contributed by atoms with Gasteiger partial charge in [-0.3, -0.25) is 0 Å². The molecule has 2 saturated carbocycles. The van der Waals surface area contributed by atoms with Crippen molar-refractivity contribution in [1.29, 1.82) is 0 Å². The van der Waals surface area contributed by atoms with Crippen LogP contribution in [-0.4, -0.2) is 19.0 Å². The second-order valence-electron chi connectivity index (χ2n) is 6.91. The standard InChI is InChI=1S/C15H24O2/c1-11-10-14(4)6-5-7-15(16-8-9-17-15)12(11)13(14,2)3/h12H,1,5-10H2,2-4H3/t12-,14+/m1/s1. The highest BCUT2D eigenvalue weighted by Gasteiger charge is 2.63. The molecule has 17 heavy (non-hydrogen) atoms. The van der Waals surface area contributed by atoms with Crippen LogP contribution in [0.3, 0.4) is 0 Å². The molecule has 1 spiro atoms. The average molecular weight is 236 g/mol. The molecule has 1 saturated heterocycles. The summed E-state index contributed by atoms with van der Waals surface area (Å²) in [7, 11) is 0. The molecule has 2 nitrogen and oxygen atoms in total. The molecule has 0 unspecified atom stereocenters. The van der Waals surface area contributed by atoms with E-state index in [1.807, 2.05) is 0 Å². The van der Waals surface area contributed by atoms with Crippen LogP contribution < -0.4 is 0 Å². The Hall–Kier alpha value is -0.340. The molecule has 0 aromatic rings. The topological polar surface area (TPSA) is 18.5 Å². The summed E-state index contributed by atoms with van der Waals surface area (Å²) in [4.78, 5) is 0. The van der Waals surface area contributed by atoms with E-state index in [-0.39, 0.29) is 11.2 Å². The van der Waals surface area contributed by atoms with Crippen molar-refractivity contribution >= 4 is 0 Å². The van der Waals surface area contributed by atoms with Crippen LogP contribution >= 0.6 is 0 Å². The molecule has 2 heteroatoms. The average Bonchev–Trinajstić information content (AvgIpc) is 2.68. The van der Waals surface area contributed by atoms with Gasteiger partial charge in [0.25, 0.3) is 0 Å². The number of rotatable bonds is 0. The third kappa shape index (κ3) is 1.34. The second kappa shape index (κ2) is 3.36. The molecular weight excluding hydrogens is 212 g/mol. The van der Waals surface area contributed by atoms with Crippen LogP contribution in [0.2, 0.25) is 0 Å². The molecule has 0 aromatic heterocycles. The molecule has 0 amide bonds. The first-order chi connectivity index (χ1) is 7.91. The SMILES string of the molecule is C=C1C[C@]2(C)CCCC3(OCCO3)[C@H]1C2(C)C. The predicted molar refractivity (Wildman–Crippen MR) is 67.6 cm³/mol. The first kappa shape index (κ1) is 11.7. The van der Waals surface area contributed by atoms with Gasteiger partial charge in [-0.15, -0.1) is 0 Å². The molecule has 3 rings (SSSR count). The van der Waals surface area contributed by atoms with E-state index in [0.717, 1.165) is 26.1 Å². The molecule has 3 fully saturated rings. The van der Waals surface area contributed by atoms with Crippen LogP contribution in [0.1, 0.15) is 46.5 Å². The Bertz CT molecular complexity index is 352. The van der Waals surface area contributed by atoms with Crippen LogP contribution in [0.25, 0.3) is 0 Å². The van der Waals surface area contributed by atoms with Gasteiger partial charge < -0.3 is 9.47 Å². The molecule has 2 aliphatic carbocycles. The Morgan fingerprint density at radius 1 is 1.12 bits per heavy atom. The van der Waals surface area contributed by atoms with Crippen LogP contribution in [-0.2, 0) is 9.47 Å². The van der Waals surface area contributed by atoms with E-state index >= 15 is 0 Å².